The second kappa shape index (κ2) is 7.71. The van der Waals surface area contributed by atoms with Crippen LogP contribution in [-0.4, -0.2) is 46.6 Å². The van der Waals surface area contributed by atoms with Gasteiger partial charge in [-0.15, -0.1) is 0 Å². The zero-order valence-electron chi connectivity index (χ0n) is 12.7. The Morgan fingerprint density at radius 3 is 2.67 bits per heavy atom. The van der Waals surface area contributed by atoms with E-state index in [0.717, 1.165) is 36.6 Å². The number of carbonyl (C=O) groups is 1. The Morgan fingerprint density at radius 1 is 1.38 bits per heavy atom. The summed E-state index contributed by atoms with van der Waals surface area (Å²) in [4.78, 5) is 14.7. The van der Waals surface area contributed by atoms with Crippen molar-refractivity contribution in [2.75, 3.05) is 24.6 Å². The van der Waals surface area contributed by atoms with Crippen LogP contribution in [0, 0.1) is 0 Å². The smallest absolute Gasteiger partial charge is 0.237 e. The SMILES string of the molecule is CC[C@@H](NC(=O)[C@@H](C)N1CCSCC1)c1ccccc1O. The number of rotatable bonds is 5. The van der Waals surface area contributed by atoms with Crippen molar-refractivity contribution in [3.8, 4) is 5.75 Å². The molecule has 1 aliphatic rings. The zero-order chi connectivity index (χ0) is 15.2. The number of amides is 1. The lowest BCUT2D eigenvalue weighted by Crippen LogP contribution is -2.48. The monoisotopic (exact) mass is 308 g/mol. The number of carbonyl (C=O) groups excluding carboxylic acids is 1. The molecule has 116 valence electrons. The molecule has 0 unspecified atom stereocenters. The zero-order valence-corrected chi connectivity index (χ0v) is 13.5. The van der Waals surface area contributed by atoms with Gasteiger partial charge in [0.05, 0.1) is 12.1 Å². The van der Waals surface area contributed by atoms with Crippen molar-refractivity contribution >= 4 is 17.7 Å². The van der Waals surface area contributed by atoms with Crippen molar-refractivity contribution in [1.29, 1.82) is 0 Å². The molecule has 21 heavy (non-hydrogen) atoms. The van der Waals surface area contributed by atoms with Gasteiger partial charge < -0.3 is 10.4 Å². The van der Waals surface area contributed by atoms with Crippen LogP contribution in [0.25, 0.3) is 0 Å². The molecule has 0 aromatic heterocycles. The van der Waals surface area contributed by atoms with E-state index in [9.17, 15) is 9.90 Å². The molecular formula is C16H24N2O2S. The van der Waals surface area contributed by atoms with Crippen LogP contribution in [0.2, 0.25) is 0 Å². The molecule has 1 heterocycles. The summed E-state index contributed by atoms with van der Waals surface area (Å²) in [5.74, 6) is 2.46. The van der Waals surface area contributed by atoms with Gasteiger partial charge in [0.25, 0.3) is 0 Å². The van der Waals surface area contributed by atoms with E-state index >= 15 is 0 Å². The van der Waals surface area contributed by atoms with Gasteiger partial charge in [0, 0.05) is 30.2 Å². The van der Waals surface area contributed by atoms with Crippen molar-refractivity contribution < 1.29 is 9.90 Å². The summed E-state index contributed by atoms with van der Waals surface area (Å²) >= 11 is 1.94. The van der Waals surface area contributed by atoms with E-state index in [0.29, 0.717) is 0 Å². The van der Waals surface area contributed by atoms with Crippen molar-refractivity contribution in [3.63, 3.8) is 0 Å². The summed E-state index contributed by atoms with van der Waals surface area (Å²) in [6, 6.07) is 6.95. The van der Waals surface area contributed by atoms with Crippen LogP contribution in [0.4, 0.5) is 0 Å². The van der Waals surface area contributed by atoms with E-state index < -0.39 is 0 Å². The van der Waals surface area contributed by atoms with Crippen LogP contribution >= 0.6 is 11.8 Å². The summed E-state index contributed by atoms with van der Waals surface area (Å²) in [5, 5.41) is 13.0. The number of phenolic OH excluding ortho intramolecular Hbond substituents is 1. The number of nitrogens with zero attached hydrogens (tertiary/aromatic N) is 1. The van der Waals surface area contributed by atoms with E-state index in [1.807, 2.05) is 37.7 Å². The highest BCUT2D eigenvalue weighted by Crippen LogP contribution is 2.26. The molecule has 0 spiro atoms. The lowest BCUT2D eigenvalue weighted by Gasteiger charge is -2.32. The highest BCUT2D eigenvalue weighted by molar-refractivity contribution is 7.99. The van der Waals surface area contributed by atoms with E-state index in [2.05, 4.69) is 10.2 Å². The number of benzene rings is 1. The molecule has 0 radical (unpaired) electrons. The normalized spacial score (nSPS) is 19.0. The van der Waals surface area contributed by atoms with Crippen molar-refractivity contribution in [3.05, 3.63) is 29.8 Å². The Labute approximate surface area is 130 Å². The van der Waals surface area contributed by atoms with Crippen LogP contribution < -0.4 is 5.32 Å². The third-order valence-electron chi connectivity index (χ3n) is 4.01. The summed E-state index contributed by atoms with van der Waals surface area (Å²) < 4.78 is 0. The number of thioether (sulfide) groups is 1. The molecule has 1 fully saturated rings. The first-order chi connectivity index (χ1) is 10.1. The first kappa shape index (κ1) is 16.2. The predicted molar refractivity (Wildman–Crippen MR) is 87.6 cm³/mol. The van der Waals surface area contributed by atoms with Gasteiger partial charge in [0.15, 0.2) is 0 Å². The van der Waals surface area contributed by atoms with Crippen LogP contribution in [0.5, 0.6) is 5.75 Å². The maximum Gasteiger partial charge on any atom is 0.237 e. The van der Waals surface area contributed by atoms with Gasteiger partial charge >= 0.3 is 0 Å². The predicted octanol–water partition coefficient (Wildman–Crippen LogP) is 2.40. The fraction of sp³-hybridized carbons (Fsp3) is 0.562. The lowest BCUT2D eigenvalue weighted by atomic mass is 10.0. The highest BCUT2D eigenvalue weighted by atomic mass is 32.2. The summed E-state index contributed by atoms with van der Waals surface area (Å²) in [6.07, 6.45) is 0.756. The first-order valence-corrected chi connectivity index (χ1v) is 8.69. The Kier molecular flexibility index (Phi) is 5.94. The van der Waals surface area contributed by atoms with E-state index in [1.165, 1.54) is 0 Å². The van der Waals surface area contributed by atoms with Crippen LogP contribution in [0.1, 0.15) is 31.9 Å². The average Bonchev–Trinajstić information content (AvgIpc) is 2.53. The largest absolute Gasteiger partial charge is 0.508 e. The van der Waals surface area contributed by atoms with Gasteiger partial charge in [-0.05, 0) is 19.4 Å². The van der Waals surface area contributed by atoms with Gasteiger partial charge in [-0.3, -0.25) is 9.69 Å². The minimum Gasteiger partial charge on any atom is -0.508 e. The minimum absolute atomic E-state index is 0.0389. The molecule has 1 saturated heterocycles. The van der Waals surface area contributed by atoms with Crippen molar-refractivity contribution in [2.24, 2.45) is 0 Å². The van der Waals surface area contributed by atoms with Gasteiger partial charge in [0.1, 0.15) is 5.75 Å². The summed E-state index contributed by atoms with van der Waals surface area (Å²) in [7, 11) is 0. The molecule has 2 N–H and O–H groups in total. The molecule has 0 aliphatic carbocycles. The molecule has 4 nitrogen and oxygen atoms in total. The Bertz CT molecular complexity index is 475. The van der Waals surface area contributed by atoms with Gasteiger partial charge in [-0.2, -0.15) is 11.8 Å². The topological polar surface area (TPSA) is 52.6 Å². The van der Waals surface area contributed by atoms with Crippen LogP contribution in [0.3, 0.4) is 0 Å². The molecule has 1 aliphatic heterocycles. The molecule has 2 rings (SSSR count). The van der Waals surface area contributed by atoms with Gasteiger partial charge in [-0.25, -0.2) is 0 Å². The Morgan fingerprint density at radius 2 is 2.05 bits per heavy atom. The Balaban J connectivity index is 2.01. The van der Waals surface area contributed by atoms with Crippen LogP contribution in [-0.2, 0) is 4.79 Å². The molecule has 2 atom stereocenters. The Hall–Kier alpha value is -1.20. The van der Waals surface area contributed by atoms with Crippen LogP contribution in [0.15, 0.2) is 24.3 Å². The number of para-hydroxylation sites is 1. The number of hydrogen-bond acceptors (Lipinski definition) is 4. The van der Waals surface area contributed by atoms with Crippen molar-refractivity contribution in [2.45, 2.75) is 32.4 Å². The second-order valence-corrected chi connectivity index (χ2v) is 6.58. The summed E-state index contributed by atoms with van der Waals surface area (Å²) in [5.41, 5.74) is 0.787. The molecule has 0 bridgehead atoms. The van der Waals surface area contributed by atoms with E-state index in [-0.39, 0.29) is 23.7 Å². The molecule has 0 saturated carbocycles. The molecule has 1 amide bonds. The number of nitrogens with one attached hydrogen (secondary N) is 1. The minimum atomic E-state index is -0.139. The second-order valence-electron chi connectivity index (χ2n) is 5.35. The maximum absolute atomic E-state index is 12.5. The first-order valence-electron chi connectivity index (χ1n) is 7.53. The maximum atomic E-state index is 12.5. The van der Waals surface area contributed by atoms with Crippen molar-refractivity contribution in [1.82, 2.24) is 10.2 Å². The van der Waals surface area contributed by atoms with Gasteiger partial charge in [-0.1, -0.05) is 25.1 Å². The molecule has 1 aromatic carbocycles. The standard InChI is InChI=1S/C16H24N2O2S/c1-3-14(13-6-4-5-7-15(13)19)17-16(20)12(2)18-8-10-21-11-9-18/h4-7,12,14,19H,3,8-11H2,1-2H3,(H,17,20)/t12-,14-/m1/s1. The molecule has 5 heteroatoms. The van der Waals surface area contributed by atoms with E-state index in [4.69, 9.17) is 0 Å². The highest BCUT2D eigenvalue weighted by Gasteiger charge is 2.25. The third-order valence-corrected chi connectivity index (χ3v) is 4.95. The quantitative estimate of drug-likeness (QED) is 0.877. The van der Waals surface area contributed by atoms with E-state index in [1.54, 1.807) is 12.1 Å². The summed E-state index contributed by atoms with van der Waals surface area (Å²) in [6.45, 7) is 5.90. The fourth-order valence-electron chi connectivity index (χ4n) is 2.60. The third kappa shape index (κ3) is 4.14. The van der Waals surface area contributed by atoms with Gasteiger partial charge in [0.2, 0.25) is 5.91 Å². The fourth-order valence-corrected chi connectivity index (χ4v) is 3.54. The average molecular weight is 308 g/mol. The molecular weight excluding hydrogens is 284 g/mol. The molecule has 1 aromatic rings. The number of aromatic hydroxyl groups is 1. The number of hydrogen-bond donors (Lipinski definition) is 2. The number of phenols is 1. The lowest BCUT2D eigenvalue weighted by molar-refractivity contribution is -0.126.